The minimum Gasteiger partial charge on any atom is -0.508 e. The van der Waals surface area contributed by atoms with Crippen LogP contribution in [0.4, 0.5) is 0 Å². The molecule has 2 N–H and O–H groups in total. The number of aromatic hydroxyl groups is 2. The SMILES string of the molecule is CC1CC(C)CC(c2cc(C3(c4ccc(O)c(C5CC(C)CC(C)C5)c4)c4ccccc4-c4ccccc43)ccc2O)C1. The maximum absolute atomic E-state index is 11.3. The summed E-state index contributed by atoms with van der Waals surface area (Å²) in [6.07, 6.45) is 6.98. The van der Waals surface area contributed by atoms with Gasteiger partial charge in [0.1, 0.15) is 11.5 Å². The summed E-state index contributed by atoms with van der Waals surface area (Å²) in [5.74, 6) is 4.14. The van der Waals surface area contributed by atoms with E-state index in [4.69, 9.17) is 0 Å². The molecule has 4 atom stereocenters. The van der Waals surface area contributed by atoms with Gasteiger partial charge in [-0.2, -0.15) is 0 Å². The molecule has 43 heavy (non-hydrogen) atoms. The molecule has 2 saturated carbocycles. The third kappa shape index (κ3) is 4.69. The van der Waals surface area contributed by atoms with Gasteiger partial charge in [0.15, 0.2) is 0 Å². The topological polar surface area (TPSA) is 40.5 Å². The number of phenols is 2. The second-order valence-electron chi connectivity index (χ2n) is 14.6. The third-order valence-corrected chi connectivity index (χ3v) is 11.1. The van der Waals surface area contributed by atoms with Crippen molar-refractivity contribution < 1.29 is 10.2 Å². The Morgan fingerprint density at radius 2 is 0.860 bits per heavy atom. The predicted molar refractivity (Wildman–Crippen MR) is 177 cm³/mol. The highest BCUT2D eigenvalue weighted by Gasteiger charge is 2.47. The fourth-order valence-corrected chi connectivity index (χ4v) is 9.66. The first-order valence-corrected chi connectivity index (χ1v) is 16.6. The van der Waals surface area contributed by atoms with Crippen LogP contribution in [-0.2, 0) is 5.41 Å². The summed E-state index contributed by atoms with van der Waals surface area (Å²) in [5, 5.41) is 22.6. The van der Waals surface area contributed by atoms with Crippen LogP contribution >= 0.6 is 0 Å². The van der Waals surface area contributed by atoms with Crippen molar-refractivity contribution in [3.05, 3.63) is 118 Å². The highest BCUT2D eigenvalue weighted by atomic mass is 16.3. The summed E-state index contributed by atoms with van der Waals surface area (Å²) in [6.45, 7) is 9.44. The van der Waals surface area contributed by atoms with Crippen LogP contribution in [0.3, 0.4) is 0 Å². The van der Waals surface area contributed by atoms with E-state index < -0.39 is 5.41 Å². The standard InChI is InChI=1S/C41H46O2/c1-25-17-26(2)20-29(19-25)35-23-31(13-15-39(35)42)41(37-11-7-5-9-33(37)34-10-6-8-12-38(34)41)32-14-16-40(43)36(24-32)30-21-27(3)18-28(4)22-30/h5-16,23-30,42-43H,17-22H2,1-4H3. The summed E-state index contributed by atoms with van der Waals surface area (Å²) >= 11 is 0. The first-order valence-electron chi connectivity index (χ1n) is 16.6. The summed E-state index contributed by atoms with van der Waals surface area (Å²) in [6, 6.07) is 30.6. The molecule has 4 aromatic rings. The largest absolute Gasteiger partial charge is 0.508 e. The number of hydrogen-bond donors (Lipinski definition) is 2. The van der Waals surface area contributed by atoms with Crippen LogP contribution in [0.15, 0.2) is 84.9 Å². The number of hydrogen-bond acceptors (Lipinski definition) is 2. The zero-order chi connectivity index (χ0) is 29.9. The average Bonchev–Trinajstić information content (AvgIpc) is 3.28. The normalized spacial score (nSPS) is 27.8. The van der Waals surface area contributed by atoms with E-state index in [-0.39, 0.29) is 0 Å². The highest BCUT2D eigenvalue weighted by Crippen LogP contribution is 2.58. The van der Waals surface area contributed by atoms with E-state index in [1.54, 1.807) is 0 Å². The Kier molecular flexibility index (Phi) is 7.15. The van der Waals surface area contributed by atoms with Crippen molar-refractivity contribution in [2.24, 2.45) is 23.7 Å². The fraction of sp³-hybridized carbons (Fsp3) is 0.415. The molecule has 0 spiro atoms. The van der Waals surface area contributed by atoms with Crippen LogP contribution in [0, 0.1) is 23.7 Å². The monoisotopic (exact) mass is 570 g/mol. The van der Waals surface area contributed by atoms with E-state index in [1.807, 2.05) is 12.1 Å². The maximum Gasteiger partial charge on any atom is 0.119 e. The zero-order valence-corrected chi connectivity index (χ0v) is 26.2. The van der Waals surface area contributed by atoms with Crippen LogP contribution in [0.2, 0.25) is 0 Å². The van der Waals surface area contributed by atoms with E-state index in [0.717, 1.165) is 36.8 Å². The fourth-order valence-electron chi connectivity index (χ4n) is 9.66. The molecular formula is C41H46O2. The minimum atomic E-state index is -0.546. The molecule has 3 aliphatic rings. The van der Waals surface area contributed by atoms with Crippen LogP contribution in [0.5, 0.6) is 11.5 Å². The van der Waals surface area contributed by atoms with E-state index in [0.29, 0.717) is 47.0 Å². The second-order valence-corrected chi connectivity index (χ2v) is 14.6. The molecule has 2 fully saturated rings. The van der Waals surface area contributed by atoms with Gasteiger partial charge in [-0.05, 0) is 131 Å². The van der Waals surface area contributed by atoms with Crippen molar-refractivity contribution in [2.45, 2.75) is 83.5 Å². The number of fused-ring (bicyclic) bond motifs is 3. The van der Waals surface area contributed by atoms with Crippen molar-refractivity contribution in [1.29, 1.82) is 0 Å². The molecule has 7 rings (SSSR count). The summed E-state index contributed by atoms with van der Waals surface area (Å²) in [7, 11) is 0. The molecule has 0 aliphatic heterocycles. The molecule has 3 aliphatic carbocycles. The van der Waals surface area contributed by atoms with Gasteiger partial charge in [0, 0.05) is 0 Å². The molecule has 0 saturated heterocycles. The second kappa shape index (κ2) is 10.9. The first-order chi connectivity index (χ1) is 20.8. The lowest BCUT2D eigenvalue weighted by Gasteiger charge is -2.37. The summed E-state index contributed by atoms with van der Waals surface area (Å²) < 4.78 is 0. The third-order valence-electron chi connectivity index (χ3n) is 11.1. The van der Waals surface area contributed by atoms with Gasteiger partial charge in [-0.25, -0.2) is 0 Å². The minimum absolute atomic E-state index is 0.350. The van der Waals surface area contributed by atoms with Crippen molar-refractivity contribution >= 4 is 0 Å². The number of phenolic OH excluding ortho intramolecular Hbond substituents is 2. The highest BCUT2D eigenvalue weighted by molar-refractivity contribution is 5.86. The van der Waals surface area contributed by atoms with Crippen molar-refractivity contribution in [3.8, 4) is 22.6 Å². The molecule has 4 unspecified atom stereocenters. The molecule has 0 aromatic heterocycles. The Morgan fingerprint density at radius 3 is 1.26 bits per heavy atom. The molecule has 222 valence electrons. The molecule has 0 amide bonds. The van der Waals surface area contributed by atoms with Crippen LogP contribution < -0.4 is 0 Å². The van der Waals surface area contributed by atoms with Crippen LogP contribution in [0.25, 0.3) is 11.1 Å². The molecule has 0 bridgehead atoms. The van der Waals surface area contributed by atoms with Gasteiger partial charge in [0.05, 0.1) is 5.41 Å². The Labute approximate surface area is 257 Å². The number of benzene rings is 4. The van der Waals surface area contributed by atoms with E-state index in [2.05, 4.69) is 100 Å². The summed E-state index contributed by atoms with van der Waals surface area (Å²) in [4.78, 5) is 0. The van der Waals surface area contributed by atoms with Gasteiger partial charge in [0.2, 0.25) is 0 Å². The van der Waals surface area contributed by atoms with Crippen molar-refractivity contribution in [1.82, 2.24) is 0 Å². The van der Waals surface area contributed by atoms with Gasteiger partial charge in [-0.3, -0.25) is 0 Å². The van der Waals surface area contributed by atoms with Crippen molar-refractivity contribution in [3.63, 3.8) is 0 Å². The molecule has 2 heteroatoms. The van der Waals surface area contributed by atoms with E-state index in [9.17, 15) is 10.2 Å². The lowest BCUT2D eigenvalue weighted by Crippen LogP contribution is -2.29. The van der Waals surface area contributed by atoms with E-state index in [1.165, 1.54) is 46.2 Å². The Morgan fingerprint density at radius 1 is 0.488 bits per heavy atom. The van der Waals surface area contributed by atoms with Gasteiger partial charge in [-0.15, -0.1) is 0 Å². The van der Waals surface area contributed by atoms with Crippen LogP contribution in [0.1, 0.15) is 111 Å². The maximum atomic E-state index is 11.3. The quantitative estimate of drug-likeness (QED) is 0.226. The van der Waals surface area contributed by atoms with E-state index >= 15 is 0 Å². The van der Waals surface area contributed by atoms with Gasteiger partial charge < -0.3 is 10.2 Å². The van der Waals surface area contributed by atoms with Gasteiger partial charge >= 0.3 is 0 Å². The average molecular weight is 571 g/mol. The Bertz CT molecular complexity index is 1510. The van der Waals surface area contributed by atoms with Crippen molar-refractivity contribution in [2.75, 3.05) is 0 Å². The smallest absolute Gasteiger partial charge is 0.119 e. The van der Waals surface area contributed by atoms with Gasteiger partial charge in [0.25, 0.3) is 0 Å². The molecule has 0 heterocycles. The molecular weight excluding hydrogens is 524 g/mol. The summed E-state index contributed by atoms with van der Waals surface area (Å²) in [5.41, 5.74) is 9.12. The predicted octanol–water partition coefficient (Wildman–Crippen LogP) is 10.5. The molecule has 0 radical (unpaired) electrons. The first kappa shape index (κ1) is 28.3. The Balaban J connectivity index is 1.48. The van der Waals surface area contributed by atoms with Crippen LogP contribution in [-0.4, -0.2) is 10.2 Å². The molecule has 2 nitrogen and oxygen atoms in total. The van der Waals surface area contributed by atoms with Gasteiger partial charge in [-0.1, -0.05) is 100 Å². The lowest BCUT2D eigenvalue weighted by molar-refractivity contribution is 0.264. The zero-order valence-electron chi connectivity index (χ0n) is 26.2. The number of rotatable bonds is 4. The Hall–Kier alpha value is -3.52. The molecule has 4 aromatic carbocycles. The lowest BCUT2D eigenvalue weighted by atomic mass is 9.65.